The molecule has 2 rings (SSSR count). The average molecular weight is 282 g/mol. The summed E-state index contributed by atoms with van der Waals surface area (Å²) in [5.74, 6) is 0.115. The highest BCUT2D eigenvalue weighted by Gasteiger charge is 2.24. The summed E-state index contributed by atoms with van der Waals surface area (Å²) in [5.41, 5.74) is 5.23. The lowest BCUT2D eigenvalue weighted by molar-refractivity contribution is -0.134. The maximum Gasteiger partial charge on any atom is 0.247 e. The molecule has 1 amide bonds. The highest BCUT2D eigenvalue weighted by Crippen LogP contribution is 2.08. The van der Waals surface area contributed by atoms with Crippen molar-refractivity contribution in [3.05, 3.63) is 30.3 Å². The second-order valence-corrected chi connectivity index (χ2v) is 6.00. The van der Waals surface area contributed by atoms with Gasteiger partial charge in [0, 0.05) is 30.3 Å². The number of primary amides is 1. The zero-order valence-corrected chi connectivity index (χ0v) is 11.5. The van der Waals surface area contributed by atoms with Gasteiger partial charge in [-0.2, -0.15) is 0 Å². The maximum absolute atomic E-state index is 12.1. The Balaban J connectivity index is 1.82. The van der Waals surface area contributed by atoms with Crippen LogP contribution in [0, 0.1) is 0 Å². The van der Waals surface area contributed by atoms with E-state index in [2.05, 4.69) is 4.90 Å². The van der Waals surface area contributed by atoms with Gasteiger partial charge in [-0.05, 0) is 12.1 Å². The third-order valence-electron chi connectivity index (χ3n) is 3.07. The van der Waals surface area contributed by atoms with E-state index in [0.29, 0.717) is 25.4 Å². The Morgan fingerprint density at radius 2 is 2.16 bits per heavy atom. The minimum absolute atomic E-state index is 0.436. The number of nitrogens with zero attached hydrogens (tertiary/aromatic N) is 1. The fourth-order valence-corrected chi connectivity index (χ4v) is 3.10. The molecule has 1 fully saturated rings. The molecule has 104 valence electrons. The van der Waals surface area contributed by atoms with Gasteiger partial charge in [-0.1, -0.05) is 18.2 Å². The van der Waals surface area contributed by atoms with Crippen LogP contribution in [-0.2, 0) is 20.3 Å². The minimum atomic E-state index is -1.01. The molecule has 0 spiro atoms. The normalized spacial score (nSPS) is 22.0. The summed E-state index contributed by atoms with van der Waals surface area (Å²) >= 11 is 0. The standard InChI is InChI=1S/C13H18N2O3S/c14-13(16)12-10-15(6-8-18-12)7-9-19(17)11-4-2-1-3-5-11/h1-5,12H,6-10H2,(H2,14,16). The minimum Gasteiger partial charge on any atom is -0.367 e. The highest BCUT2D eigenvalue weighted by atomic mass is 32.2. The summed E-state index contributed by atoms with van der Waals surface area (Å²) in [7, 11) is -1.01. The number of nitrogens with two attached hydrogens (primary N) is 1. The molecule has 0 aromatic heterocycles. The SMILES string of the molecule is NC(=O)C1CN(CCS(=O)c2ccccc2)CCO1. The molecule has 1 aliphatic rings. The second kappa shape index (κ2) is 6.79. The van der Waals surface area contributed by atoms with Crippen molar-refractivity contribution >= 4 is 16.7 Å². The number of ether oxygens (including phenoxy) is 1. The van der Waals surface area contributed by atoms with Crippen LogP contribution in [0.25, 0.3) is 0 Å². The topological polar surface area (TPSA) is 72.6 Å². The molecule has 1 aromatic rings. The molecule has 2 N–H and O–H groups in total. The Bertz CT molecular complexity index is 452. The smallest absolute Gasteiger partial charge is 0.247 e. The Morgan fingerprint density at radius 1 is 1.42 bits per heavy atom. The van der Waals surface area contributed by atoms with E-state index in [4.69, 9.17) is 10.5 Å². The van der Waals surface area contributed by atoms with E-state index in [9.17, 15) is 9.00 Å². The molecule has 5 nitrogen and oxygen atoms in total. The van der Waals surface area contributed by atoms with Gasteiger partial charge in [0.15, 0.2) is 0 Å². The number of hydrogen-bond donors (Lipinski definition) is 1. The van der Waals surface area contributed by atoms with Gasteiger partial charge in [0.2, 0.25) is 5.91 Å². The molecule has 1 saturated heterocycles. The lowest BCUT2D eigenvalue weighted by atomic mass is 10.2. The number of morpholine rings is 1. The van der Waals surface area contributed by atoms with Crippen LogP contribution in [-0.4, -0.2) is 53.1 Å². The Hall–Kier alpha value is -1.24. The van der Waals surface area contributed by atoms with E-state index in [1.807, 2.05) is 30.3 Å². The largest absolute Gasteiger partial charge is 0.367 e. The first-order chi connectivity index (χ1) is 9.16. The second-order valence-electron chi connectivity index (χ2n) is 4.43. The lowest BCUT2D eigenvalue weighted by Gasteiger charge is -2.31. The van der Waals surface area contributed by atoms with Crippen LogP contribution in [0.5, 0.6) is 0 Å². The van der Waals surface area contributed by atoms with E-state index in [1.165, 1.54) is 0 Å². The molecular weight excluding hydrogens is 264 g/mol. The summed E-state index contributed by atoms with van der Waals surface area (Å²) in [6.07, 6.45) is -0.543. The highest BCUT2D eigenvalue weighted by molar-refractivity contribution is 7.85. The third-order valence-corrected chi connectivity index (χ3v) is 4.42. The maximum atomic E-state index is 12.1. The van der Waals surface area contributed by atoms with E-state index in [0.717, 1.165) is 11.4 Å². The molecule has 19 heavy (non-hydrogen) atoms. The van der Waals surface area contributed by atoms with Gasteiger partial charge in [0.1, 0.15) is 6.10 Å². The van der Waals surface area contributed by atoms with Crippen LogP contribution in [0.3, 0.4) is 0 Å². The lowest BCUT2D eigenvalue weighted by Crippen LogP contribution is -2.49. The summed E-state index contributed by atoms with van der Waals surface area (Å²) in [4.78, 5) is 14.0. The number of amides is 1. The number of carbonyl (C=O) groups excluding carboxylic acids is 1. The van der Waals surface area contributed by atoms with Crippen LogP contribution in [0.15, 0.2) is 35.2 Å². The van der Waals surface area contributed by atoms with Crippen LogP contribution >= 0.6 is 0 Å². The summed E-state index contributed by atoms with van der Waals surface area (Å²) in [6, 6.07) is 9.39. The molecule has 0 radical (unpaired) electrons. The number of carbonyl (C=O) groups is 1. The van der Waals surface area contributed by atoms with Crippen LogP contribution in [0.2, 0.25) is 0 Å². The number of rotatable bonds is 5. The van der Waals surface area contributed by atoms with Gasteiger partial charge in [-0.25, -0.2) is 0 Å². The first-order valence-electron chi connectivity index (χ1n) is 6.23. The summed E-state index contributed by atoms with van der Waals surface area (Å²) in [6.45, 7) is 2.40. The quantitative estimate of drug-likeness (QED) is 0.824. The Labute approximate surface area is 115 Å². The molecule has 1 heterocycles. The molecule has 6 heteroatoms. The Morgan fingerprint density at radius 3 is 2.84 bits per heavy atom. The van der Waals surface area contributed by atoms with E-state index >= 15 is 0 Å². The third kappa shape index (κ3) is 4.12. The molecule has 2 atom stereocenters. The molecule has 0 saturated carbocycles. The number of hydrogen-bond acceptors (Lipinski definition) is 4. The van der Waals surface area contributed by atoms with Gasteiger partial charge >= 0.3 is 0 Å². The van der Waals surface area contributed by atoms with Crippen molar-refractivity contribution in [3.8, 4) is 0 Å². The summed E-state index contributed by atoms with van der Waals surface area (Å²) < 4.78 is 17.3. The molecule has 0 aliphatic carbocycles. The van der Waals surface area contributed by atoms with Crippen LogP contribution in [0.1, 0.15) is 0 Å². The van der Waals surface area contributed by atoms with Crippen molar-refractivity contribution in [2.45, 2.75) is 11.0 Å². The average Bonchev–Trinajstić information content (AvgIpc) is 2.46. The van der Waals surface area contributed by atoms with Crippen molar-refractivity contribution in [1.82, 2.24) is 4.90 Å². The fourth-order valence-electron chi connectivity index (χ4n) is 1.98. The zero-order valence-electron chi connectivity index (χ0n) is 10.7. The van der Waals surface area contributed by atoms with Gasteiger partial charge < -0.3 is 10.5 Å². The van der Waals surface area contributed by atoms with Gasteiger partial charge in [-0.3, -0.25) is 13.9 Å². The zero-order chi connectivity index (χ0) is 13.7. The Kier molecular flexibility index (Phi) is 5.07. The predicted molar refractivity (Wildman–Crippen MR) is 73.1 cm³/mol. The monoisotopic (exact) mass is 282 g/mol. The summed E-state index contributed by atoms with van der Waals surface area (Å²) in [5, 5.41) is 0. The van der Waals surface area contributed by atoms with Crippen LogP contribution in [0.4, 0.5) is 0 Å². The molecule has 0 bridgehead atoms. The van der Waals surface area contributed by atoms with E-state index in [-0.39, 0.29) is 0 Å². The molecule has 2 unspecified atom stereocenters. The van der Waals surface area contributed by atoms with Gasteiger partial charge in [0.25, 0.3) is 0 Å². The van der Waals surface area contributed by atoms with Gasteiger partial charge in [0.05, 0.1) is 17.4 Å². The van der Waals surface area contributed by atoms with Gasteiger partial charge in [-0.15, -0.1) is 0 Å². The van der Waals surface area contributed by atoms with Crippen molar-refractivity contribution in [2.24, 2.45) is 5.73 Å². The first kappa shape index (κ1) is 14.2. The van der Waals surface area contributed by atoms with Crippen molar-refractivity contribution in [2.75, 3.05) is 32.0 Å². The van der Waals surface area contributed by atoms with Crippen LogP contribution < -0.4 is 5.73 Å². The molecule has 1 aliphatic heterocycles. The first-order valence-corrected chi connectivity index (χ1v) is 7.55. The molecular formula is C13H18N2O3S. The van der Waals surface area contributed by atoms with E-state index in [1.54, 1.807) is 0 Å². The fraction of sp³-hybridized carbons (Fsp3) is 0.462. The van der Waals surface area contributed by atoms with Crippen molar-refractivity contribution in [1.29, 1.82) is 0 Å². The van der Waals surface area contributed by atoms with E-state index < -0.39 is 22.8 Å². The number of benzene rings is 1. The predicted octanol–water partition coefficient (Wildman–Crippen LogP) is -0.0197. The van der Waals surface area contributed by atoms with Crippen molar-refractivity contribution < 1.29 is 13.7 Å². The van der Waals surface area contributed by atoms with Crippen molar-refractivity contribution in [3.63, 3.8) is 0 Å². The molecule has 1 aromatic carbocycles.